The predicted molar refractivity (Wildman–Crippen MR) is 61.9 cm³/mol. The molecule has 76 valence electrons. The molecule has 0 aliphatic heterocycles. The maximum Gasteiger partial charge on any atom is 0.0510 e. The van der Waals surface area contributed by atoms with Crippen LogP contribution < -0.4 is 5.32 Å². The van der Waals surface area contributed by atoms with Gasteiger partial charge in [-0.25, -0.2) is 0 Å². The number of benzene rings is 1. The number of hydrogen-bond acceptors (Lipinski definition) is 2. The molecule has 14 heavy (non-hydrogen) atoms. The number of nitrogens with zero attached hydrogens (tertiary/aromatic N) is 1. The van der Waals surface area contributed by atoms with Crippen molar-refractivity contribution in [3.8, 4) is 0 Å². The summed E-state index contributed by atoms with van der Waals surface area (Å²) in [5.74, 6) is 0. The van der Waals surface area contributed by atoms with E-state index in [4.69, 9.17) is 0 Å². The maximum absolute atomic E-state index is 4.13. The second kappa shape index (κ2) is 6.33. The summed E-state index contributed by atoms with van der Waals surface area (Å²) in [6.07, 6.45) is 1.84. The summed E-state index contributed by atoms with van der Waals surface area (Å²) in [7, 11) is 0. The first-order valence-electron chi connectivity index (χ1n) is 5.03. The van der Waals surface area contributed by atoms with Crippen LogP contribution in [0.15, 0.2) is 29.3 Å². The Morgan fingerprint density at radius 1 is 1.29 bits per heavy atom. The smallest absolute Gasteiger partial charge is 0.0510 e. The fourth-order valence-electron chi connectivity index (χ4n) is 1.21. The molecule has 2 nitrogen and oxygen atoms in total. The Morgan fingerprint density at radius 2 is 2.00 bits per heavy atom. The average molecular weight is 190 g/mol. The first-order chi connectivity index (χ1) is 6.83. The molecule has 0 unspecified atom stereocenters. The molecule has 1 aromatic carbocycles. The van der Waals surface area contributed by atoms with E-state index < -0.39 is 0 Å². The first kappa shape index (κ1) is 10.9. The highest BCUT2D eigenvalue weighted by Gasteiger charge is 1.90. The van der Waals surface area contributed by atoms with Crippen molar-refractivity contribution in [1.82, 2.24) is 5.32 Å². The minimum absolute atomic E-state index is 0.863. The van der Waals surface area contributed by atoms with Gasteiger partial charge in [-0.3, -0.25) is 4.99 Å². The minimum atomic E-state index is 0.863. The van der Waals surface area contributed by atoms with Gasteiger partial charge in [0.2, 0.25) is 0 Å². The molecule has 0 aliphatic rings. The molecule has 0 heterocycles. The van der Waals surface area contributed by atoms with Gasteiger partial charge in [0, 0.05) is 13.1 Å². The van der Waals surface area contributed by atoms with Gasteiger partial charge in [0.1, 0.15) is 0 Å². The largest absolute Gasteiger partial charge is 0.311 e. The third-order valence-electron chi connectivity index (χ3n) is 2.05. The second-order valence-corrected chi connectivity index (χ2v) is 3.33. The van der Waals surface area contributed by atoms with Crippen LogP contribution in [0, 0.1) is 6.92 Å². The van der Waals surface area contributed by atoms with E-state index in [1.165, 1.54) is 11.1 Å². The summed E-state index contributed by atoms with van der Waals surface area (Å²) in [6, 6.07) is 8.60. The molecule has 1 rings (SSSR count). The van der Waals surface area contributed by atoms with Crippen LogP contribution in [-0.4, -0.2) is 19.3 Å². The maximum atomic E-state index is 4.13. The third kappa shape index (κ3) is 4.19. The van der Waals surface area contributed by atoms with Gasteiger partial charge in [-0.05, 0) is 25.6 Å². The number of aryl methyl sites for hydroxylation is 1. The van der Waals surface area contributed by atoms with E-state index in [9.17, 15) is 0 Å². The van der Waals surface area contributed by atoms with Crippen LogP contribution in [-0.2, 0) is 6.54 Å². The van der Waals surface area contributed by atoms with Crippen LogP contribution in [0.25, 0.3) is 0 Å². The van der Waals surface area contributed by atoms with E-state index in [0.29, 0.717) is 0 Å². The lowest BCUT2D eigenvalue weighted by Gasteiger charge is -2.03. The highest BCUT2D eigenvalue weighted by atomic mass is 14.9. The van der Waals surface area contributed by atoms with Crippen molar-refractivity contribution >= 4 is 6.21 Å². The zero-order valence-electron chi connectivity index (χ0n) is 8.96. The van der Waals surface area contributed by atoms with E-state index in [2.05, 4.69) is 41.5 Å². The molecule has 0 spiro atoms. The fourth-order valence-corrected chi connectivity index (χ4v) is 1.21. The van der Waals surface area contributed by atoms with Crippen molar-refractivity contribution in [2.75, 3.05) is 13.1 Å². The van der Waals surface area contributed by atoms with Gasteiger partial charge in [-0.1, -0.05) is 29.8 Å². The SMILES string of the molecule is CC=NCCNCc1ccc(C)cc1. The molecule has 1 N–H and O–H groups in total. The molecule has 0 saturated carbocycles. The molecule has 0 fully saturated rings. The molecule has 0 atom stereocenters. The summed E-state index contributed by atoms with van der Waals surface area (Å²) in [5, 5.41) is 3.34. The van der Waals surface area contributed by atoms with E-state index in [1.54, 1.807) is 0 Å². The minimum Gasteiger partial charge on any atom is -0.311 e. The summed E-state index contributed by atoms with van der Waals surface area (Å²) in [6.45, 7) is 6.78. The number of aliphatic imine (C=N–C) groups is 1. The Hall–Kier alpha value is -1.15. The third-order valence-corrected chi connectivity index (χ3v) is 2.05. The zero-order chi connectivity index (χ0) is 10.2. The molecule has 1 aromatic rings. The van der Waals surface area contributed by atoms with Crippen molar-refractivity contribution in [2.45, 2.75) is 20.4 Å². The highest BCUT2D eigenvalue weighted by Crippen LogP contribution is 2.01. The topological polar surface area (TPSA) is 24.4 Å². The molecule has 0 saturated heterocycles. The van der Waals surface area contributed by atoms with E-state index >= 15 is 0 Å². The summed E-state index contributed by atoms with van der Waals surface area (Å²) < 4.78 is 0. The molecular weight excluding hydrogens is 172 g/mol. The predicted octanol–water partition coefficient (Wildman–Crippen LogP) is 2.18. The number of nitrogens with one attached hydrogen (secondary N) is 1. The summed E-state index contributed by atoms with van der Waals surface area (Å²) >= 11 is 0. The van der Waals surface area contributed by atoms with Crippen LogP contribution in [0.4, 0.5) is 0 Å². The molecule has 0 radical (unpaired) electrons. The second-order valence-electron chi connectivity index (χ2n) is 3.33. The lowest BCUT2D eigenvalue weighted by molar-refractivity contribution is 0.696. The Bertz CT molecular complexity index is 275. The monoisotopic (exact) mass is 190 g/mol. The quantitative estimate of drug-likeness (QED) is 0.558. The van der Waals surface area contributed by atoms with Gasteiger partial charge in [0.25, 0.3) is 0 Å². The molecule has 0 bridgehead atoms. The number of hydrogen-bond donors (Lipinski definition) is 1. The van der Waals surface area contributed by atoms with Crippen LogP contribution in [0.2, 0.25) is 0 Å². The van der Waals surface area contributed by atoms with Crippen molar-refractivity contribution in [2.24, 2.45) is 4.99 Å². The van der Waals surface area contributed by atoms with Crippen LogP contribution in [0.3, 0.4) is 0 Å². The Labute approximate surface area is 86.1 Å². The number of rotatable bonds is 5. The van der Waals surface area contributed by atoms with Crippen molar-refractivity contribution < 1.29 is 0 Å². The molecular formula is C12H18N2. The van der Waals surface area contributed by atoms with Gasteiger partial charge in [-0.2, -0.15) is 0 Å². The van der Waals surface area contributed by atoms with Crippen LogP contribution >= 0.6 is 0 Å². The van der Waals surface area contributed by atoms with E-state index in [1.807, 2.05) is 13.1 Å². The first-order valence-corrected chi connectivity index (χ1v) is 5.03. The van der Waals surface area contributed by atoms with Gasteiger partial charge >= 0.3 is 0 Å². The molecule has 0 aliphatic carbocycles. The van der Waals surface area contributed by atoms with Gasteiger partial charge in [-0.15, -0.1) is 0 Å². The highest BCUT2D eigenvalue weighted by molar-refractivity contribution is 5.53. The van der Waals surface area contributed by atoms with Crippen LogP contribution in [0.5, 0.6) is 0 Å². The van der Waals surface area contributed by atoms with Gasteiger partial charge in [0.15, 0.2) is 0 Å². The Balaban J connectivity index is 2.21. The lowest BCUT2D eigenvalue weighted by atomic mass is 10.1. The van der Waals surface area contributed by atoms with Crippen molar-refractivity contribution in [3.05, 3.63) is 35.4 Å². The molecule has 0 aromatic heterocycles. The van der Waals surface area contributed by atoms with E-state index in [-0.39, 0.29) is 0 Å². The average Bonchev–Trinajstić information content (AvgIpc) is 2.21. The molecule has 0 amide bonds. The lowest BCUT2D eigenvalue weighted by Crippen LogP contribution is -2.16. The Morgan fingerprint density at radius 3 is 2.64 bits per heavy atom. The van der Waals surface area contributed by atoms with Gasteiger partial charge in [0.05, 0.1) is 6.54 Å². The van der Waals surface area contributed by atoms with Crippen molar-refractivity contribution in [1.29, 1.82) is 0 Å². The molecule has 2 heteroatoms. The van der Waals surface area contributed by atoms with E-state index in [0.717, 1.165) is 19.6 Å². The standard InChI is InChI=1S/C12H18N2/c1-3-13-8-9-14-10-12-6-4-11(2)5-7-12/h3-7,14H,8-10H2,1-2H3. The van der Waals surface area contributed by atoms with Gasteiger partial charge < -0.3 is 5.32 Å². The summed E-state index contributed by atoms with van der Waals surface area (Å²) in [4.78, 5) is 4.13. The normalized spacial score (nSPS) is 11.0. The van der Waals surface area contributed by atoms with Crippen molar-refractivity contribution in [3.63, 3.8) is 0 Å². The summed E-state index contributed by atoms with van der Waals surface area (Å²) in [5.41, 5.74) is 2.64. The zero-order valence-corrected chi connectivity index (χ0v) is 8.96. The fraction of sp³-hybridized carbons (Fsp3) is 0.417. The van der Waals surface area contributed by atoms with Crippen LogP contribution in [0.1, 0.15) is 18.1 Å². The Kier molecular flexibility index (Phi) is 4.94.